The molecule has 0 atom stereocenters. The van der Waals surface area contributed by atoms with Crippen molar-refractivity contribution < 1.29 is 4.57 Å². The van der Waals surface area contributed by atoms with Crippen molar-refractivity contribution in [3.05, 3.63) is 0 Å². The fourth-order valence-electron chi connectivity index (χ4n) is 0.381. The molecule has 0 spiro atoms. The van der Waals surface area contributed by atoms with E-state index >= 15 is 0 Å². The zero-order valence-corrected chi connectivity index (χ0v) is 7.96. The van der Waals surface area contributed by atoms with E-state index in [4.69, 9.17) is 0 Å². The molecule has 0 radical (unpaired) electrons. The van der Waals surface area contributed by atoms with E-state index < -0.39 is 7.14 Å². The van der Waals surface area contributed by atoms with Gasteiger partial charge in [0.05, 0.1) is 7.14 Å². The topological polar surface area (TPSA) is 17.1 Å². The highest BCUT2D eigenvalue weighted by molar-refractivity contribution is 7.63. The van der Waals surface area contributed by atoms with Crippen molar-refractivity contribution in [1.29, 1.82) is 0 Å². The van der Waals surface area contributed by atoms with Gasteiger partial charge in [-0.3, -0.25) is 0 Å². The van der Waals surface area contributed by atoms with Gasteiger partial charge in [-0.2, -0.15) is 0 Å². The molecule has 0 rings (SSSR count). The smallest absolute Gasteiger partial charge is 0.0871 e. The Morgan fingerprint density at radius 2 is 1.67 bits per heavy atom. The maximum absolute atomic E-state index is 11.5. The summed E-state index contributed by atoms with van der Waals surface area (Å²) >= 11 is 0. The third-order valence-corrected chi connectivity index (χ3v) is 5.55. The first-order chi connectivity index (χ1) is 3.81. The molecule has 0 aromatic heterocycles. The molecule has 1 nitrogen and oxygen atoms in total. The van der Waals surface area contributed by atoms with E-state index in [-0.39, 0.29) is 5.16 Å². The van der Waals surface area contributed by atoms with Gasteiger partial charge in [0.2, 0.25) is 0 Å². The average molecular weight is 148 g/mol. The Hall–Kier alpha value is 0.230. The third kappa shape index (κ3) is 2.14. The van der Waals surface area contributed by atoms with Crippen LogP contribution in [0, 0.1) is 0 Å². The summed E-state index contributed by atoms with van der Waals surface area (Å²) in [5, 5.41) is 0.0347. The first-order valence-electron chi connectivity index (χ1n) is 3.36. The van der Waals surface area contributed by atoms with Crippen LogP contribution in [0.25, 0.3) is 0 Å². The van der Waals surface area contributed by atoms with Gasteiger partial charge in [0.15, 0.2) is 0 Å². The largest absolute Gasteiger partial charge is 0.324 e. The fourth-order valence-corrected chi connectivity index (χ4v) is 1.14. The van der Waals surface area contributed by atoms with E-state index in [1.807, 2.05) is 13.3 Å². The molecule has 0 heterocycles. The molecule has 0 aliphatic heterocycles. The summed E-state index contributed by atoms with van der Waals surface area (Å²) in [7, 11) is -1.87. The van der Waals surface area contributed by atoms with Gasteiger partial charge in [-0.1, -0.05) is 20.8 Å². The van der Waals surface area contributed by atoms with E-state index in [1.54, 1.807) is 0 Å². The first-order valence-corrected chi connectivity index (χ1v) is 5.96. The van der Waals surface area contributed by atoms with Crippen molar-refractivity contribution in [3.8, 4) is 0 Å². The average Bonchev–Trinajstić information content (AvgIpc) is 1.64. The quantitative estimate of drug-likeness (QED) is 0.550. The van der Waals surface area contributed by atoms with Crippen LogP contribution < -0.4 is 0 Å². The van der Waals surface area contributed by atoms with Crippen LogP contribution in [0.4, 0.5) is 0 Å². The SMILES string of the molecule is CCC(C)(C)P(C)(C)=O. The van der Waals surface area contributed by atoms with Gasteiger partial charge in [0.25, 0.3) is 0 Å². The molecule has 56 valence electrons. The van der Waals surface area contributed by atoms with Crippen molar-refractivity contribution in [3.63, 3.8) is 0 Å². The highest BCUT2D eigenvalue weighted by Crippen LogP contribution is 2.52. The summed E-state index contributed by atoms with van der Waals surface area (Å²) < 4.78 is 11.5. The van der Waals surface area contributed by atoms with E-state index in [1.165, 1.54) is 0 Å². The lowest BCUT2D eigenvalue weighted by atomic mass is 10.1. The number of rotatable bonds is 2. The van der Waals surface area contributed by atoms with Crippen LogP contribution in [-0.4, -0.2) is 18.5 Å². The molecule has 0 saturated heterocycles. The van der Waals surface area contributed by atoms with Gasteiger partial charge in [0.1, 0.15) is 0 Å². The van der Waals surface area contributed by atoms with Crippen molar-refractivity contribution >= 4 is 7.14 Å². The highest BCUT2D eigenvalue weighted by atomic mass is 31.2. The predicted octanol–water partition coefficient (Wildman–Crippen LogP) is 2.80. The number of hydrogen-bond acceptors (Lipinski definition) is 1. The predicted molar refractivity (Wildman–Crippen MR) is 43.8 cm³/mol. The monoisotopic (exact) mass is 148 g/mol. The summed E-state index contributed by atoms with van der Waals surface area (Å²) in [4.78, 5) is 0. The molecule has 0 unspecified atom stereocenters. The Balaban J connectivity index is 4.34. The molecule has 0 bridgehead atoms. The van der Waals surface area contributed by atoms with E-state index in [2.05, 4.69) is 20.8 Å². The zero-order valence-electron chi connectivity index (χ0n) is 7.06. The van der Waals surface area contributed by atoms with Crippen molar-refractivity contribution in [2.45, 2.75) is 32.3 Å². The van der Waals surface area contributed by atoms with E-state index in [0.29, 0.717) is 0 Å². The molecule has 0 amide bonds. The second-order valence-electron chi connectivity index (χ2n) is 3.52. The fraction of sp³-hybridized carbons (Fsp3) is 1.00. The minimum Gasteiger partial charge on any atom is -0.324 e. The van der Waals surface area contributed by atoms with Crippen LogP contribution in [0.15, 0.2) is 0 Å². The normalized spacial score (nSPS) is 13.9. The van der Waals surface area contributed by atoms with Crippen LogP contribution in [0.3, 0.4) is 0 Å². The minimum absolute atomic E-state index is 0.0347. The lowest BCUT2D eigenvalue weighted by Gasteiger charge is -2.27. The minimum atomic E-state index is -1.87. The Labute approximate surface area is 58.2 Å². The molecule has 0 aromatic rings. The van der Waals surface area contributed by atoms with Gasteiger partial charge in [0, 0.05) is 5.16 Å². The van der Waals surface area contributed by atoms with E-state index in [0.717, 1.165) is 6.42 Å². The van der Waals surface area contributed by atoms with Gasteiger partial charge >= 0.3 is 0 Å². The lowest BCUT2D eigenvalue weighted by Crippen LogP contribution is -2.17. The van der Waals surface area contributed by atoms with Crippen molar-refractivity contribution in [1.82, 2.24) is 0 Å². The molecule has 0 aliphatic rings. The van der Waals surface area contributed by atoms with Gasteiger partial charge < -0.3 is 4.57 Å². The molecule has 0 saturated carbocycles. The summed E-state index contributed by atoms with van der Waals surface area (Å²) in [5.41, 5.74) is 0. The Bertz CT molecular complexity index is 132. The Morgan fingerprint density at radius 1 is 1.33 bits per heavy atom. The summed E-state index contributed by atoms with van der Waals surface area (Å²) in [6, 6.07) is 0. The third-order valence-electron chi connectivity index (χ3n) is 2.32. The van der Waals surface area contributed by atoms with Crippen molar-refractivity contribution in [2.24, 2.45) is 0 Å². The standard InChI is InChI=1S/C7H17OP/c1-6-7(2,3)9(4,5)8/h6H2,1-5H3. The van der Waals surface area contributed by atoms with Crippen LogP contribution in [-0.2, 0) is 4.57 Å². The molecule has 0 aliphatic carbocycles. The highest BCUT2D eigenvalue weighted by Gasteiger charge is 2.29. The first kappa shape index (κ1) is 9.23. The van der Waals surface area contributed by atoms with Crippen LogP contribution >= 0.6 is 7.14 Å². The van der Waals surface area contributed by atoms with E-state index in [9.17, 15) is 4.57 Å². The molecule has 0 aromatic carbocycles. The van der Waals surface area contributed by atoms with Crippen LogP contribution in [0.5, 0.6) is 0 Å². The molecule has 9 heavy (non-hydrogen) atoms. The second kappa shape index (κ2) is 2.46. The van der Waals surface area contributed by atoms with Crippen molar-refractivity contribution in [2.75, 3.05) is 13.3 Å². The van der Waals surface area contributed by atoms with Crippen LogP contribution in [0.2, 0.25) is 0 Å². The lowest BCUT2D eigenvalue weighted by molar-refractivity contribution is 0.540. The maximum atomic E-state index is 11.5. The summed E-state index contributed by atoms with van der Waals surface area (Å²) in [6.45, 7) is 9.92. The van der Waals surface area contributed by atoms with Gasteiger partial charge in [-0.05, 0) is 19.8 Å². The Kier molecular flexibility index (Phi) is 2.52. The number of hydrogen-bond donors (Lipinski definition) is 0. The molecule has 0 fully saturated rings. The molecule has 2 heteroatoms. The summed E-state index contributed by atoms with van der Waals surface area (Å²) in [6.07, 6.45) is 0.997. The maximum Gasteiger partial charge on any atom is 0.0871 e. The molecule has 0 N–H and O–H groups in total. The molecular formula is C7H17OP. The van der Waals surface area contributed by atoms with Gasteiger partial charge in [-0.15, -0.1) is 0 Å². The zero-order chi connectivity index (χ0) is 7.71. The van der Waals surface area contributed by atoms with Gasteiger partial charge in [-0.25, -0.2) is 0 Å². The second-order valence-corrected chi connectivity index (χ2v) is 7.43. The summed E-state index contributed by atoms with van der Waals surface area (Å²) in [5.74, 6) is 0. The van der Waals surface area contributed by atoms with Crippen LogP contribution in [0.1, 0.15) is 27.2 Å². The molecular weight excluding hydrogens is 131 g/mol. The Morgan fingerprint density at radius 3 is 1.67 bits per heavy atom.